The van der Waals surface area contributed by atoms with Gasteiger partial charge in [-0.3, -0.25) is 10.1 Å². The van der Waals surface area contributed by atoms with Crippen molar-refractivity contribution < 1.29 is 13.3 Å². The van der Waals surface area contributed by atoms with E-state index in [-0.39, 0.29) is 16.6 Å². The summed E-state index contributed by atoms with van der Waals surface area (Å²) in [5, 5.41) is 14.2. The van der Waals surface area contributed by atoms with Crippen molar-refractivity contribution in [2.75, 3.05) is 18.4 Å². The van der Waals surface area contributed by atoms with Crippen molar-refractivity contribution >= 4 is 21.4 Å². The van der Waals surface area contributed by atoms with Crippen molar-refractivity contribution in [1.82, 2.24) is 4.31 Å². The second-order valence-electron chi connectivity index (χ2n) is 6.23. The summed E-state index contributed by atoms with van der Waals surface area (Å²) >= 11 is 0. The molecule has 1 aliphatic heterocycles. The molecule has 1 fully saturated rings. The molecule has 1 unspecified atom stereocenters. The van der Waals surface area contributed by atoms with Crippen LogP contribution in [-0.4, -0.2) is 36.8 Å². The van der Waals surface area contributed by atoms with Gasteiger partial charge < -0.3 is 5.32 Å². The van der Waals surface area contributed by atoms with Crippen molar-refractivity contribution in [1.29, 1.82) is 0 Å². The Bertz CT molecular complexity index is 682. The Labute approximate surface area is 136 Å². The zero-order chi connectivity index (χ0) is 17.2. The van der Waals surface area contributed by atoms with Gasteiger partial charge >= 0.3 is 0 Å². The number of rotatable bonds is 6. The van der Waals surface area contributed by atoms with E-state index in [0.717, 1.165) is 18.9 Å². The molecule has 1 aromatic carbocycles. The van der Waals surface area contributed by atoms with Crippen molar-refractivity contribution in [3.63, 3.8) is 0 Å². The molecule has 0 amide bonds. The van der Waals surface area contributed by atoms with Crippen LogP contribution in [0.25, 0.3) is 0 Å². The van der Waals surface area contributed by atoms with E-state index in [1.165, 1.54) is 16.4 Å². The Kier molecular flexibility index (Phi) is 5.26. The molecule has 1 atom stereocenters. The van der Waals surface area contributed by atoms with Gasteiger partial charge in [-0.15, -0.1) is 0 Å². The minimum Gasteiger partial charge on any atom is -0.381 e. The smallest absolute Gasteiger partial charge is 0.270 e. The molecule has 0 bridgehead atoms. The average molecular weight is 341 g/mol. The van der Waals surface area contributed by atoms with E-state index < -0.39 is 14.9 Å². The van der Waals surface area contributed by atoms with Crippen LogP contribution in [0.5, 0.6) is 0 Å². The molecule has 8 heteroatoms. The molecule has 1 aromatic rings. The van der Waals surface area contributed by atoms with Crippen LogP contribution in [0.1, 0.15) is 33.6 Å². The third-order valence-electron chi connectivity index (χ3n) is 4.24. The number of nitro benzene ring substituents is 1. The zero-order valence-electron chi connectivity index (χ0n) is 13.7. The molecule has 2 rings (SSSR count). The molecule has 0 saturated carbocycles. The van der Waals surface area contributed by atoms with Gasteiger partial charge in [0.2, 0.25) is 10.0 Å². The highest BCUT2D eigenvalue weighted by molar-refractivity contribution is 7.89. The molecule has 0 aromatic heterocycles. The van der Waals surface area contributed by atoms with E-state index in [1.807, 2.05) is 20.8 Å². The quantitative estimate of drug-likeness (QED) is 0.634. The fraction of sp³-hybridized carbons (Fsp3) is 0.600. The minimum absolute atomic E-state index is 0.0129. The van der Waals surface area contributed by atoms with Gasteiger partial charge in [0, 0.05) is 31.3 Å². The maximum Gasteiger partial charge on any atom is 0.270 e. The van der Waals surface area contributed by atoms with E-state index >= 15 is 0 Å². The number of hydrogen-bond donors (Lipinski definition) is 1. The summed E-state index contributed by atoms with van der Waals surface area (Å²) in [6, 6.07) is 4.02. The predicted octanol–water partition coefficient (Wildman–Crippen LogP) is 2.84. The normalized spacial score (nSPS) is 17.4. The summed E-state index contributed by atoms with van der Waals surface area (Å²) < 4.78 is 27.1. The lowest BCUT2D eigenvalue weighted by Gasteiger charge is -2.23. The molecule has 1 saturated heterocycles. The number of nitrogens with zero attached hydrogens (tertiary/aromatic N) is 2. The Hall–Kier alpha value is -1.67. The van der Waals surface area contributed by atoms with Gasteiger partial charge in [-0.2, -0.15) is 4.31 Å². The fourth-order valence-electron chi connectivity index (χ4n) is 2.44. The highest BCUT2D eigenvalue weighted by atomic mass is 32.2. The van der Waals surface area contributed by atoms with Crippen LogP contribution in [-0.2, 0) is 10.0 Å². The largest absolute Gasteiger partial charge is 0.381 e. The number of non-ortho nitro benzene ring substituents is 1. The lowest BCUT2D eigenvalue weighted by molar-refractivity contribution is -0.385. The van der Waals surface area contributed by atoms with Gasteiger partial charge in [0.05, 0.1) is 10.6 Å². The first-order valence-electron chi connectivity index (χ1n) is 7.78. The molecular weight excluding hydrogens is 318 g/mol. The van der Waals surface area contributed by atoms with Crippen LogP contribution < -0.4 is 5.32 Å². The van der Waals surface area contributed by atoms with Crippen molar-refractivity contribution in [3.8, 4) is 0 Å². The van der Waals surface area contributed by atoms with Gasteiger partial charge in [-0.05, 0) is 31.7 Å². The van der Waals surface area contributed by atoms with Gasteiger partial charge in [-0.1, -0.05) is 13.8 Å². The fourth-order valence-corrected chi connectivity index (χ4v) is 4.13. The standard InChI is InChI=1S/C15H23N3O4S/c1-11(2)12(3)16-14-7-6-13(18(19)20)10-15(14)23(21,22)17-8-4-5-9-17/h6-7,10-12,16H,4-5,8-9H2,1-3H3. The highest BCUT2D eigenvalue weighted by Gasteiger charge is 2.31. The maximum absolute atomic E-state index is 12.8. The second-order valence-corrected chi connectivity index (χ2v) is 8.13. The summed E-state index contributed by atoms with van der Waals surface area (Å²) in [6.45, 7) is 6.93. The number of sulfonamides is 1. The van der Waals surface area contributed by atoms with Crippen molar-refractivity contribution in [3.05, 3.63) is 28.3 Å². The van der Waals surface area contributed by atoms with E-state index in [2.05, 4.69) is 5.32 Å². The number of anilines is 1. The third-order valence-corrected chi connectivity index (χ3v) is 6.18. The summed E-state index contributed by atoms with van der Waals surface area (Å²) in [7, 11) is -3.73. The van der Waals surface area contributed by atoms with Crippen LogP contribution >= 0.6 is 0 Å². The lowest BCUT2D eigenvalue weighted by atomic mass is 10.1. The SMILES string of the molecule is CC(C)C(C)Nc1ccc([N+](=O)[O-])cc1S(=O)(=O)N1CCCC1. The Balaban J connectivity index is 2.48. The van der Waals surface area contributed by atoms with Crippen LogP contribution in [0.15, 0.2) is 23.1 Å². The monoisotopic (exact) mass is 341 g/mol. The summed E-state index contributed by atoms with van der Waals surface area (Å²) in [4.78, 5) is 10.4. The Morgan fingerprint density at radius 1 is 1.22 bits per heavy atom. The van der Waals surface area contributed by atoms with Gasteiger partial charge in [0.25, 0.3) is 5.69 Å². The van der Waals surface area contributed by atoms with Crippen LogP contribution in [0, 0.1) is 16.0 Å². The average Bonchev–Trinajstić information content (AvgIpc) is 3.02. The zero-order valence-corrected chi connectivity index (χ0v) is 14.5. The second kappa shape index (κ2) is 6.84. The van der Waals surface area contributed by atoms with E-state index in [0.29, 0.717) is 24.7 Å². The summed E-state index contributed by atoms with van der Waals surface area (Å²) in [5.74, 6) is 0.299. The van der Waals surface area contributed by atoms with Gasteiger partial charge in [0.15, 0.2) is 0 Å². The first kappa shape index (κ1) is 17.7. The number of nitrogens with one attached hydrogen (secondary N) is 1. The Morgan fingerprint density at radius 2 is 1.83 bits per heavy atom. The summed E-state index contributed by atoms with van der Waals surface area (Å²) in [5.41, 5.74) is 0.203. The summed E-state index contributed by atoms with van der Waals surface area (Å²) in [6.07, 6.45) is 1.64. The van der Waals surface area contributed by atoms with E-state index in [9.17, 15) is 18.5 Å². The minimum atomic E-state index is -3.73. The first-order valence-corrected chi connectivity index (χ1v) is 9.22. The highest BCUT2D eigenvalue weighted by Crippen LogP contribution is 2.31. The van der Waals surface area contributed by atoms with Crippen molar-refractivity contribution in [2.45, 2.75) is 44.6 Å². The van der Waals surface area contributed by atoms with E-state index in [4.69, 9.17) is 0 Å². The molecule has 1 heterocycles. The van der Waals surface area contributed by atoms with Crippen LogP contribution in [0.2, 0.25) is 0 Å². The molecule has 7 nitrogen and oxygen atoms in total. The van der Waals surface area contributed by atoms with E-state index in [1.54, 1.807) is 0 Å². The predicted molar refractivity (Wildman–Crippen MR) is 89.0 cm³/mol. The molecular formula is C15H23N3O4S. The molecule has 1 aliphatic rings. The lowest BCUT2D eigenvalue weighted by Crippen LogP contribution is -2.30. The maximum atomic E-state index is 12.8. The number of hydrogen-bond acceptors (Lipinski definition) is 5. The molecule has 1 N–H and O–H groups in total. The topological polar surface area (TPSA) is 92.5 Å². The number of nitro groups is 1. The number of benzene rings is 1. The molecule has 128 valence electrons. The Morgan fingerprint density at radius 3 is 2.35 bits per heavy atom. The van der Waals surface area contributed by atoms with Gasteiger partial charge in [-0.25, -0.2) is 8.42 Å². The molecule has 0 spiro atoms. The molecule has 0 radical (unpaired) electrons. The van der Waals surface area contributed by atoms with Crippen molar-refractivity contribution in [2.24, 2.45) is 5.92 Å². The van der Waals surface area contributed by atoms with Crippen LogP contribution in [0.3, 0.4) is 0 Å². The third kappa shape index (κ3) is 3.81. The first-order chi connectivity index (χ1) is 10.7. The molecule has 0 aliphatic carbocycles. The van der Waals surface area contributed by atoms with Crippen LogP contribution in [0.4, 0.5) is 11.4 Å². The molecule has 23 heavy (non-hydrogen) atoms. The van der Waals surface area contributed by atoms with Gasteiger partial charge in [0.1, 0.15) is 4.90 Å².